The summed E-state index contributed by atoms with van der Waals surface area (Å²) in [5.74, 6) is 0.602. The van der Waals surface area contributed by atoms with Gasteiger partial charge in [0.05, 0.1) is 19.3 Å². The van der Waals surface area contributed by atoms with Crippen LogP contribution in [0.25, 0.3) is 0 Å². The molecule has 1 aromatic carbocycles. The molecule has 0 bridgehead atoms. The molecule has 2 saturated heterocycles. The number of morpholine rings is 1. The number of likely N-dealkylation sites (tertiary alicyclic amines) is 1. The number of benzene rings is 1. The van der Waals surface area contributed by atoms with Crippen molar-refractivity contribution in [3.63, 3.8) is 0 Å². The van der Waals surface area contributed by atoms with Gasteiger partial charge in [-0.05, 0) is 57.5 Å². The van der Waals surface area contributed by atoms with Gasteiger partial charge in [-0.2, -0.15) is 0 Å². The molecule has 2 heterocycles. The van der Waals surface area contributed by atoms with E-state index in [-0.39, 0.29) is 17.4 Å². The van der Waals surface area contributed by atoms with Gasteiger partial charge in [-0.1, -0.05) is 18.6 Å². The molecule has 1 aromatic rings. The largest absolute Gasteiger partial charge is 0.379 e. The molecule has 0 radical (unpaired) electrons. The third-order valence-corrected chi connectivity index (χ3v) is 6.33. The van der Waals surface area contributed by atoms with Crippen LogP contribution < -0.4 is 10.6 Å². The topological polar surface area (TPSA) is 52.1 Å². The van der Waals surface area contributed by atoms with Crippen molar-refractivity contribution in [1.29, 1.82) is 0 Å². The zero-order valence-corrected chi connectivity index (χ0v) is 18.8. The van der Waals surface area contributed by atoms with Crippen LogP contribution in [0.4, 0.5) is 4.39 Å². The lowest BCUT2D eigenvalue weighted by Crippen LogP contribution is -2.55. The summed E-state index contributed by atoms with van der Waals surface area (Å²) in [7, 11) is 1.81. The van der Waals surface area contributed by atoms with Crippen molar-refractivity contribution in [3.8, 4) is 0 Å². The number of nitrogens with one attached hydrogen (secondary N) is 2. The molecule has 0 amide bonds. The van der Waals surface area contributed by atoms with Crippen LogP contribution in [0, 0.1) is 5.82 Å². The van der Waals surface area contributed by atoms with E-state index < -0.39 is 0 Å². The monoisotopic (exact) mass is 419 g/mol. The molecule has 2 aliphatic heterocycles. The van der Waals surface area contributed by atoms with Gasteiger partial charge in [0.25, 0.3) is 0 Å². The molecule has 7 heteroatoms. The molecule has 0 aliphatic carbocycles. The maximum absolute atomic E-state index is 13.4. The first-order chi connectivity index (χ1) is 14.5. The van der Waals surface area contributed by atoms with Gasteiger partial charge in [0, 0.05) is 38.8 Å². The summed E-state index contributed by atoms with van der Waals surface area (Å²) in [6, 6.07) is 6.98. The van der Waals surface area contributed by atoms with Gasteiger partial charge in [0.2, 0.25) is 0 Å². The Labute approximate surface area is 180 Å². The number of piperidine rings is 1. The summed E-state index contributed by atoms with van der Waals surface area (Å²) in [4.78, 5) is 9.41. The quantitative estimate of drug-likeness (QED) is 0.526. The standard InChI is InChI=1S/C23H38FN5O/c1-23(2,29-11-5-4-6-12-29)18-27-22(25-3)26-17-21(28-13-15-30-16-14-28)19-7-9-20(24)10-8-19/h7-10,21H,4-6,11-18H2,1-3H3,(H2,25,26,27). The van der Waals surface area contributed by atoms with E-state index in [4.69, 9.17) is 4.74 Å². The molecule has 2 N–H and O–H groups in total. The Bertz CT molecular complexity index is 667. The highest BCUT2D eigenvalue weighted by molar-refractivity contribution is 5.79. The second-order valence-corrected chi connectivity index (χ2v) is 8.88. The van der Waals surface area contributed by atoms with E-state index in [0.29, 0.717) is 6.54 Å². The van der Waals surface area contributed by atoms with Gasteiger partial charge < -0.3 is 15.4 Å². The number of ether oxygens (including phenoxy) is 1. The molecule has 0 saturated carbocycles. The van der Waals surface area contributed by atoms with E-state index in [0.717, 1.165) is 44.4 Å². The molecule has 2 fully saturated rings. The van der Waals surface area contributed by atoms with Crippen molar-refractivity contribution in [2.24, 2.45) is 4.99 Å². The molecule has 0 spiro atoms. The Balaban J connectivity index is 1.59. The van der Waals surface area contributed by atoms with Crippen LogP contribution in [0.2, 0.25) is 0 Å². The molecule has 1 unspecified atom stereocenters. The predicted molar refractivity (Wildman–Crippen MR) is 120 cm³/mol. The molecule has 2 aliphatic rings. The molecule has 1 atom stereocenters. The number of nitrogens with zero attached hydrogens (tertiary/aromatic N) is 3. The first-order valence-electron chi connectivity index (χ1n) is 11.3. The normalized spacial score (nSPS) is 20.7. The number of rotatable bonds is 7. The van der Waals surface area contributed by atoms with Gasteiger partial charge in [-0.25, -0.2) is 4.39 Å². The van der Waals surface area contributed by atoms with Crippen molar-refractivity contribution in [2.45, 2.75) is 44.7 Å². The third kappa shape index (κ3) is 6.40. The van der Waals surface area contributed by atoms with Gasteiger partial charge in [0.15, 0.2) is 5.96 Å². The molecular formula is C23H38FN5O. The maximum atomic E-state index is 13.4. The van der Waals surface area contributed by atoms with Gasteiger partial charge >= 0.3 is 0 Å². The molecular weight excluding hydrogens is 381 g/mol. The smallest absolute Gasteiger partial charge is 0.191 e. The zero-order valence-electron chi connectivity index (χ0n) is 18.8. The third-order valence-electron chi connectivity index (χ3n) is 6.33. The van der Waals surface area contributed by atoms with E-state index in [2.05, 4.69) is 39.3 Å². The van der Waals surface area contributed by atoms with Crippen LogP contribution in [0.15, 0.2) is 29.3 Å². The number of hydrogen-bond acceptors (Lipinski definition) is 4. The highest BCUT2D eigenvalue weighted by Crippen LogP contribution is 2.22. The van der Waals surface area contributed by atoms with Crippen LogP contribution >= 0.6 is 0 Å². The molecule has 30 heavy (non-hydrogen) atoms. The highest BCUT2D eigenvalue weighted by atomic mass is 19.1. The minimum atomic E-state index is -0.204. The Hall–Kier alpha value is -1.70. The number of guanidine groups is 1. The lowest BCUT2D eigenvalue weighted by Gasteiger charge is -2.41. The Kier molecular flexibility index (Phi) is 8.48. The van der Waals surface area contributed by atoms with Gasteiger partial charge in [-0.3, -0.25) is 14.8 Å². The van der Waals surface area contributed by atoms with Crippen molar-refractivity contribution in [1.82, 2.24) is 20.4 Å². The fourth-order valence-corrected chi connectivity index (χ4v) is 4.36. The predicted octanol–water partition coefficient (Wildman–Crippen LogP) is 2.63. The maximum Gasteiger partial charge on any atom is 0.191 e. The minimum absolute atomic E-state index is 0.0820. The van der Waals surface area contributed by atoms with E-state index in [9.17, 15) is 4.39 Å². The van der Waals surface area contributed by atoms with E-state index >= 15 is 0 Å². The van der Waals surface area contributed by atoms with E-state index in [1.54, 1.807) is 0 Å². The summed E-state index contributed by atoms with van der Waals surface area (Å²) in [5, 5.41) is 7.02. The second-order valence-electron chi connectivity index (χ2n) is 8.88. The molecule has 0 aromatic heterocycles. The van der Waals surface area contributed by atoms with Crippen molar-refractivity contribution in [2.75, 3.05) is 59.5 Å². The van der Waals surface area contributed by atoms with Crippen molar-refractivity contribution in [3.05, 3.63) is 35.6 Å². The Morgan fingerprint density at radius 2 is 1.73 bits per heavy atom. The molecule has 168 valence electrons. The Morgan fingerprint density at radius 1 is 1.07 bits per heavy atom. The lowest BCUT2D eigenvalue weighted by molar-refractivity contribution is 0.0169. The summed E-state index contributed by atoms with van der Waals surface area (Å²) in [5.41, 5.74) is 1.19. The summed E-state index contributed by atoms with van der Waals surface area (Å²) in [6.07, 6.45) is 3.92. The number of hydrogen-bond donors (Lipinski definition) is 2. The number of halogens is 1. The number of aliphatic imine (C=N–C) groups is 1. The van der Waals surface area contributed by atoms with E-state index in [1.807, 2.05) is 19.2 Å². The van der Waals surface area contributed by atoms with Gasteiger partial charge in [0.1, 0.15) is 5.82 Å². The Morgan fingerprint density at radius 3 is 2.37 bits per heavy atom. The first kappa shape index (κ1) is 23.0. The van der Waals surface area contributed by atoms with Crippen LogP contribution in [0.1, 0.15) is 44.7 Å². The molecule has 3 rings (SSSR count). The van der Waals surface area contributed by atoms with E-state index in [1.165, 1.54) is 44.5 Å². The SMILES string of the molecule is CN=C(NCC(c1ccc(F)cc1)N1CCOCC1)NCC(C)(C)N1CCCCC1. The zero-order chi connectivity index (χ0) is 21.4. The average Bonchev–Trinajstić information content (AvgIpc) is 2.78. The van der Waals surface area contributed by atoms with Gasteiger partial charge in [-0.15, -0.1) is 0 Å². The van der Waals surface area contributed by atoms with Crippen LogP contribution in [0.5, 0.6) is 0 Å². The summed E-state index contributed by atoms with van der Waals surface area (Å²) >= 11 is 0. The summed E-state index contributed by atoms with van der Waals surface area (Å²) in [6.45, 7) is 11.7. The van der Waals surface area contributed by atoms with Crippen molar-refractivity contribution >= 4 is 5.96 Å². The fourth-order valence-electron chi connectivity index (χ4n) is 4.36. The summed E-state index contributed by atoms with van der Waals surface area (Å²) < 4.78 is 19.0. The van der Waals surface area contributed by atoms with Crippen LogP contribution in [-0.4, -0.2) is 80.8 Å². The fraction of sp³-hybridized carbons (Fsp3) is 0.696. The van der Waals surface area contributed by atoms with Crippen LogP contribution in [-0.2, 0) is 4.74 Å². The minimum Gasteiger partial charge on any atom is -0.379 e. The highest BCUT2D eigenvalue weighted by Gasteiger charge is 2.28. The molecule has 6 nitrogen and oxygen atoms in total. The average molecular weight is 420 g/mol. The first-order valence-corrected chi connectivity index (χ1v) is 11.3. The second kappa shape index (κ2) is 11.1. The van der Waals surface area contributed by atoms with Crippen molar-refractivity contribution < 1.29 is 9.13 Å². The van der Waals surface area contributed by atoms with Crippen LogP contribution in [0.3, 0.4) is 0 Å². The lowest BCUT2D eigenvalue weighted by atomic mass is 9.98.